The number of aliphatic hydroxyl groups is 1. The maximum absolute atomic E-state index is 13.1. The Hall–Kier alpha value is -1.51. The molecule has 0 saturated carbocycles. The van der Waals surface area contributed by atoms with Crippen molar-refractivity contribution in [2.24, 2.45) is 10.5 Å². The summed E-state index contributed by atoms with van der Waals surface area (Å²) in [6.07, 6.45) is -6.85. The number of carbonyl (C=O) groups excluding carboxylic acids is 1. The Morgan fingerprint density at radius 3 is 2.41 bits per heavy atom. The van der Waals surface area contributed by atoms with E-state index < -0.39 is 41.5 Å². The smallest absolute Gasteiger partial charge is 0.431 e. The van der Waals surface area contributed by atoms with Crippen molar-refractivity contribution in [3.05, 3.63) is 28.2 Å². The van der Waals surface area contributed by atoms with Crippen molar-refractivity contribution < 1.29 is 27.8 Å². The number of rotatable bonds is 3. The number of halogens is 5. The fourth-order valence-electron chi connectivity index (χ4n) is 2.50. The van der Waals surface area contributed by atoms with Gasteiger partial charge in [-0.15, -0.1) is 0 Å². The largest absolute Gasteiger partial charge is 0.479 e. The summed E-state index contributed by atoms with van der Waals surface area (Å²) in [5.41, 5.74) is -4.49. The molecule has 1 aliphatic heterocycles. The van der Waals surface area contributed by atoms with Gasteiger partial charge in [-0.3, -0.25) is 4.79 Å². The van der Waals surface area contributed by atoms with E-state index in [1.165, 1.54) is 45.9 Å². The summed E-state index contributed by atoms with van der Waals surface area (Å²) < 4.78 is 44.8. The quantitative estimate of drug-likeness (QED) is 0.764. The first-order valence-corrected chi connectivity index (χ1v) is 8.75. The lowest BCUT2D eigenvalue weighted by molar-refractivity contribution is -0.187. The van der Waals surface area contributed by atoms with Gasteiger partial charge >= 0.3 is 6.18 Å². The molecule has 1 amide bonds. The van der Waals surface area contributed by atoms with Crippen molar-refractivity contribution in [3.63, 3.8) is 0 Å². The number of hydrogen-bond acceptors (Lipinski definition) is 4. The first kappa shape index (κ1) is 21.8. The normalized spacial score (nSPS) is 21.9. The van der Waals surface area contributed by atoms with Crippen LogP contribution in [0.3, 0.4) is 0 Å². The summed E-state index contributed by atoms with van der Waals surface area (Å²) in [5.74, 6) is -0.807. The van der Waals surface area contributed by atoms with Crippen molar-refractivity contribution in [2.45, 2.75) is 52.1 Å². The minimum atomic E-state index is -4.77. The molecule has 150 valence electrons. The van der Waals surface area contributed by atoms with Crippen molar-refractivity contribution in [1.29, 1.82) is 0 Å². The summed E-state index contributed by atoms with van der Waals surface area (Å²) >= 11 is 11.8. The molecule has 2 rings (SSSR count). The predicted molar refractivity (Wildman–Crippen MR) is 95.9 cm³/mol. The summed E-state index contributed by atoms with van der Waals surface area (Å²) in [6, 6.07) is 4.32. The van der Waals surface area contributed by atoms with Gasteiger partial charge in [0, 0.05) is 16.9 Å². The summed E-state index contributed by atoms with van der Waals surface area (Å²) in [4.78, 5) is 12.8. The second-order valence-electron chi connectivity index (χ2n) is 7.27. The molecule has 27 heavy (non-hydrogen) atoms. The molecule has 10 heteroatoms. The van der Waals surface area contributed by atoms with E-state index in [9.17, 15) is 23.1 Å². The first-order chi connectivity index (χ1) is 12.2. The van der Waals surface area contributed by atoms with Gasteiger partial charge in [0.25, 0.3) is 5.91 Å². The van der Waals surface area contributed by atoms with E-state index >= 15 is 0 Å². The maximum atomic E-state index is 13.1. The van der Waals surface area contributed by atoms with Crippen LogP contribution in [0.15, 0.2) is 23.3 Å². The monoisotopic (exact) mass is 426 g/mol. The van der Waals surface area contributed by atoms with Gasteiger partial charge in [0.1, 0.15) is 11.5 Å². The van der Waals surface area contributed by atoms with Crippen LogP contribution < -0.4 is 4.74 Å². The molecule has 0 spiro atoms. The van der Waals surface area contributed by atoms with Gasteiger partial charge < -0.3 is 9.84 Å². The lowest BCUT2D eigenvalue weighted by Gasteiger charge is -2.42. The van der Waals surface area contributed by atoms with Crippen molar-refractivity contribution in [1.82, 2.24) is 5.01 Å². The number of nitrogens with zero attached hydrogens (tertiary/aromatic N) is 2. The fraction of sp³-hybridized carbons (Fsp3) is 0.529. The van der Waals surface area contributed by atoms with Crippen LogP contribution in [-0.4, -0.2) is 39.7 Å². The van der Waals surface area contributed by atoms with Crippen molar-refractivity contribution in [3.8, 4) is 5.75 Å². The third-order valence-electron chi connectivity index (χ3n) is 4.27. The van der Waals surface area contributed by atoms with E-state index in [1.807, 2.05) is 0 Å². The molecule has 0 aromatic heterocycles. The summed E-state index contributed by atoms with van der Waals surface area (Å²) in [7, 11) is 0. The van der Waals surface area contributed by atoms with Gasteiger partial charge in [-0.2, -0.15) is 23.3 Å². The predicted octanol–water partition coefficient (Wildman–Crippen LogP) is 4.65. The zero-order valence-corrected chi connectivity index (χ0v) is 16.6. The third-order valence-corrected chi connectivity index (χ3v) is 4.80. The van der Waals surface area contributed by atoms with Gasteiger partial charge in [0.05, 0.1) is 5.02 Å². The number of hydrogen-bond donors (Lipinski definition) is 1. The number of carbonyl (C=O) groups is 1. The van der Waals surface area contributed by atoms with Crippen LogP contribution >= 0.6 is 23.2 Å². The number of ether oxygens (including phenoxy) is 1. The highest BCUT2D eigenvalue weighted by Crippen LogP contribution is 2.44. The van der Waals surface area contributed by atoms with Crippen LogP contribution in [0, 0.1) is 5.41 Å². The lowest BCUT2D eigenvalue weighted by Crippen LogP contribution is -2.57. The number of alkyl halides is 3. The summed E-state index contributed by atoms with van der Waals surface area (Å²) in [5, 5.41) is 15.2. The third kappa shape index (κ3) is 4.33. The molecule has 0 fully saturated rings. The zero-order chi connectivity index (χ0) is 20.8. The number of hydrazone groups is 1. The van der Waals surface area contributed by atoms with E-state index in [4.69, 9.17) is 27.9 Å². The van der Waals surface area contributed by atoms with Gasteiger partial charge in [-0.05, 0) is 25.1 Å². The Balaban J connectivity index is 2.33. The molecule has 1 heterocycles. The van der Waals surface area contributed by atoms with E-state index in [0.29, 0.717) is 10.0 Å². The minimum Gasteiger partial charge on any atom is -0.479 e. The van der Waals surface area contributed by atoms with E-state index in [1.54, 1.807) is 0 Å². The fourth-order valence-corrected chi connectivity index (χ4v) is 2.96. The molecular formula is C17H19Cl2F3N2O3. The molecule has 5 nitrogen and oxygen atoms in total. The Morgan fingerprint density at radius 1 is 1.33 bits per heavy atom. The van der Waals surface area contributed by atoms with E-state index in [-0.39, 0.29) is 10.8 Å². The van der Waals surface area contributed by atoms with Crippen LogP contribution in [0.2, 0.25) is 10.0 Å². The zero-order valence-electron chi connectivity index (χ0n) is 15.1. The number of amides is 1. The van der Waals surface area contributed by atoms with Crippen molar-refractivity contribution in [2.75, 3.05) is 0 Å². The second kappa shape index (κ2) is 7.14. The Labute approximate surface area is 164 Å². The SMILES string of the molecule is C[C@@H](Oc1ccc(Cl)cc1Cl)C(=O)N1N=C(C(F)(F)F)C[C@@]1(O)C(C)(C)C. The highest BCUT2D eigenvalue weighted by atomic mass is 35.5. The average Bonchev–Trinajstić information content (AvgIpc) is 2.88. The number of benzene rings is 1. The first-order valence-electron chi connectivity index (χ1n) is 7.99. The molecule has 1 aromatic rings. The van der Waals surface area contributed by atoms with Gasteiger partial charge in [-0.25, -0.2) is 0 Å². The van der Waals surface area contributed by atoms with Crippen LogP contribution in [0.1, 0.15) is 34.1 Å². The van der Waals surface area contributed by atoms with Crippen LogP contribution in [0.25, 0.3) is 0 Å². The van der Waals surface area contributed by atoms with E-state index in [2.05, 4.69) is 5.10 Å². The minimum absolute atomic E-state index is 0.125. The van der Waals surface area contributed by atoms with Crippen LogP contribution in [0.5, 0.6) is 5.75 Å². The summed E-state index contributed by atoms with van der Waals surface area (Å²) in [6.45, 7) is 5.88. The molecule has 0 bridgehead atoms. The van der Waals surface area contributed by atoms with Crippen LogP contribution in [0.4, 0.5) is 13.2 Å². The molecule has 1 N–H and O–H groups in total. The molecule has 2 atom stereocenters. The highest BCUT2D eigenvalue weighted by molar-refractivity contribution is 6.35. The molecule has 1 aliphatic rings. The molecule has 0 unspecified atom stereocenters. The van der Waals surface area contributed by atoms with Crippen molar-refractivity contribution >= 4 is 34.8 Å². The van der Waals surface area contributed by atoms with Gasteiger partial charge in [0.2, 0.25) is 0 Å². The van der Waals surface area contributed by atoms with Crippen LogP contribution in [-0.2, 0) is 4.79 Å². The second-order valence-corrected chi connectivity index (χ2v) is 8.12. The Bertz CT molecular complexity index is 778. The Kier molecular flexibility index (Phi) is 5.76. The van der Waals surface area contributed by atoms with Gasteiger partial charge in [0.15, 0.2) is 11.8 Å². The molecule has 0 radical (unpaired) electrons. The Morgan fingerprint density at radius 2 is 1.93 bits per heavy atom. The van der Waals surface area contributed by atoms with E-state index in [0.717, 1.165) is 0 Å². The highest BCUT2D eigenvalue weighted by Gasteiger charge is 2.58. The molecule has 0 aliphatic carbocycles. The molecular weight excluding hydrogens is 408 g/mol. The standard InChI is InChI=1S/C17H19Cl2F3N2O3/c1-9(27-12-6-5-10(18)7-11(12)19)14(25)24-16(26,15(2,3)4)8-13(23-24)17(20,21)22/h5-7,9,26H,8H2,1-4H3/t9-,16-/m1/s1. The lowest BCUT2D eigenvalue weighted by atomic mass is 9.80. The molecule has 0 saturated heterocycles. The maximum Gasteiger partial charge on any atom is 0.431 e. The molecule has 1 aromatic carbocycles. The average molecular weight is 427 g/mol. The van der Waals surface area contributed by atoms with Gasteiger partial charge in [-0.1, -0.05) is 44.0 Å². The topological polar surface area (TPSA) is 62.1 Å².